The van der Waals surface area contributed by atoms with Crippen LogP contribution < -0.4 is 0 Å². The van der Waals surface area contributed by atoms with Crippen LogP contribution in [0, 0.1) is 18.3 Å². The highest BCUT2D eigenvalue weighted by Gasteiger charge is 2.21. The van der Waals surface area contributed by atoms with Crippen molar-refractivity contribution >= 4 is 17.3 Å². The Bertz CT molecular complexity index is 916. The van der Waals surface area contributed by atoms with Gasteiger partial charge in [0, 0.05) is 34.3 Å². The van der Waals surface area contributed by atoms with E-state index in [-0.39, 0.29) is 0 Å². The molecule has 0 aromatic carbocycles. The van der Waals surface area contributed by atoms with E-state index in [0.29, 0.717) is 5.56 Å². The number of aryl methyl sites for hydroxylation is 1. The quantitative estimate of drug-likeness (QED) is 0.694. The van der Waals surface area contributed by atoms with E-state index in [1.165, 1.54) is 24.2 Å². The van der Waals surface area contributed by atoms with Crippen LogP contribution in [-0.2, 0) is 0 Å². The lowest BCUT2D eigenvalue weighted by Crippen LogP contribution is -2.13. The Hall–Kier alpha value is -2.25. The first-order chi connectivity index (χ1) is 11.3. The van der Waals surface area contributed by atoms with Gasteiger partial charge in [0.1, 0.15) is 6.07 Å². The molecule has 3 heterocycles. The molecular formula is C19H17N3S. The summed E-state index contributed by atoms with van der Waals surface area (Å²) in [5.41, 5.74) is 5.08. The van der Waals surface area contributed by atoms with Crippen molar-refractivity contribution in [2.45, 2.75) is 36.3 Å². The number of pyridine rings is 2. The molecule has 0 N–H and O–H groups in total. The van der Waals surface area contributed by atoms with Crippen LogP contribution in [0.2, 0.25) is 0 Å². The van der Waals surface area contributed by atoms with Gasteiger partial charge >= 0.3 is 0 Å². The van der Waals surface area contributed by atoms with E-state index in [0.717, 1.165) is 27.6 Å². The van der Waals surface area contributed by atoms with Gasteiger partial charge in [-0.15, -0.1) is 11.8 Å². The van der Waals surface area contributed by atoms with Gasteiger partial charge < -0.3 is 4.40 Å². The first kappa shape index (κ1) is 14.3. The van der Waals surface area contributed by atoms with Gasteiger partial charge in [0.15, 0.2) is 0 Å². The maximum atomic E-state index is 9.34. The molecule has 0 amide bonds. The fourth-order valence-electron chi connectivity index (χ4n) is 2.99. The van der Waals surface area contributed by atoms with Crippen LogP contribution in [0.15, 0.2) is 47.8 Å². The van der Waals surface area contributed by atoms with Gasteiger partial charge in [0.2, 0.25) is 0 Å². The van der Waals surface area contributed by atoms with Gasteiger partial charge in [-0.2, -0.15) is 5.26 Å². The lowest BCUT2D eigenvalue weighted by atomic mass is 10.00. The van der Waals surface area contributed by atoms with Crippen LogP contribution in [0.1, 0.15) is 30.4 Å². The Kier molecular flexibility index (Phi) is 3.59. The normalized spacial score (nSPS) is 14.6. The Morgan fingerprint density at radius 1 is 1.30 bits per heavy atom. The summed E-state index contributed by atoms with van der Waals surface area (Å²) in [7, 11) is 0. The molecule has 0 spiro atoms. The zero-order valence-electron chi connectivity index (χ0n) is 13.0. The van der Waals surface area contributed by atoms with Crippen molar-refractivity contribution in [2.75, 3.05) is 0 Å². The number of fused-ring (bicyclic) bond motifs is 1. The highest BCUT2D eigenvalue weighted by molar-refractivity contribution is 8.00. The summed E-state index contributed by atoms with van der Waals surface area (Å²) in [5.74, 6) is 0. The summed E-state index contributed by atoms with van der Waals surface area (Å²) in [4.78, 5) is 5.62. The minimum absolute atomic E-state index is 0.707. The molecule has 4 heteroatoms. The lowest BCUT2D eigenvalue weighted by molar-refractivity contribution is 0.522. The van der Waals surface area contributed by atoms with Crippen LogP contribution in [0.4, 0.5) is 0 Å². The second-order valence-corrected chi connectivity index (χ2v) is 7.40. The number of nitrogens with zero attached hydrogens (tertiary/aromatic N) is 3. The molecule has 1 saturated carbocycles. The zero-order valence-corrected chi connectivity index (χ0v) is 13.8. The first-order valence-electron chi connectivity index (χ1n) is 7.89. The number of nitriles is 1. The van der Waals surface area contributed by atoms with E-state index in [1.54, 1.807) is 0 Å². The summed E-state index contributed by atoms with van der Waals surface area (Å²) < 4.78 is 2.12. The van der Waals surface area contributed by atoms with Crippen molar-refractivity contribution in [1.29, 1.82) is 5.26 Å². The predicted octanol–water partition coefficient (Wildman–Crippen LogP) is 4.83. The van der Waals surface area contributed by atoms with Crippen molar-refractivity contribution in [3.63, 3.8) is 0 Å². The van der Waals surface area contributed by atoms with Gasteiger partial charge in [-0.05, 0) is 49.6 Å². The average molecular weight is 319 g/mol. The van der Waals surface area contributed by atoms with Crippen LogP contribution in [0.3, 0.4) is 0 Å². The molecule has 0 bridgehead atoms. The second-order valence-electron chi connectivity index (χ2n) is 6.06. The molecule has 1 aliphatic rings. The Morgan fingerprint density at radius 3 is 2.91 bits per heavy atom. The van der Waals surface area contributed by atoms with Crippen molar-refractivity contribution in [2.24, 2.45) is 0 Å². The Labute approximate surface area is 140 Å². The van der Waals surface area contributed by atoms with Crippen molar-refractivity contribution in [3.05, 3.63) is 54.0 Å². The summed E-state index contributed by atoms with van der Waals surface area (Å²) in [6.07, 6.45) is 9.85. The topological polar surface area (TPSA) is 41.1 Å². The highest BCUT2D eigenvalue weighted by atomic mass is 32.2. The van der Waals surface area contributed by atoms with E-state index in [2.05, 4.69) is 40.7 Å². The molecule has 3 aromatic rings. The SMILES string of the molecule is Cc1cc2c(C#N)ccc(-c3cnccc3SC3CCC3)n2c1. The minimum Gasteiger partial charge on any atom is -0.315 e. The molecule has 0 aliphatic heterocycles. The van der Waals surface area contributed by atoms with E-state index >= 15 is 0 Å². The molecule has 1 fully saturated rings. The Balaban J connectivity index is 1.88. The van der Waals surface area contributed by atoms with E-state index in [9.17, 15) is 5.26 Å². The number of aromatic nitrogens is 2. The van der Waals surface area contributed by atoms with E-state index in [1.807, 2.05) is 36.3 Å². The number of hydrogen-bond acceptors (Lipinski definition) is 3. The molecule has 1 aliphatic carbocycles. The molecule has 0 unspecified atom stereocenters. The minimum atomic E-state index is 0.707. The van der Waals surface area contributed by atoms with E-state index < -0.39 is 0 Å². The zero-order chi connectivity index (χ0) is 15.8. The molecule has 23 heavy (non-hydrogen) atoms. The average Bonchev–Trinajstić information content (AvgIpc) is 2.92. The third kappa shape index (κ3) is 2.51. The first-order valence-corrected chi connectivity index (χ1v) is 8.77. The van der Waals surface area contributed by atoms with Gasteiger partial charge in [-0.25, -0.2) is 0 Å². The summed E-state index contributed by atoms with van der Waals surface area (Å²) in [5, 5.41) is 10.1. The molecule has 0 radical (unpaired) electrons. The molecule has 3 nitrogen and oxygen atoms in total. The number of thioether (sulfide) groups is 1. The van der Waals surface area contributed by atoms with Crippen LogP contribution >= 0.6 is 11.8 Å². The third-order valence-electron chi connectivity index (χ3n) is 4.42. The highest BCUT2D eigenvalue weighted by Crippen LogP contribution is 2.40. The maximum Gasteiger partial charge on any atom is 0.101 e. The second kappa shape index (κ2) is 5.75. The van der Waals surface area contributed by atoms with Crippen LogP contribution in [0.5, 0.6) is 0 Å². The van der Waals surface area contributed by atoms with Gasteiger partial charge in [-0.1, -0.05) is 6.42 Å². The smallest absolute Gasteiger partial charge is 0.101 e. The fraction of sp³-hybridized carbons (Fsp3) is 0.263. The third-order valence-corrected chi connectivity index (χ3v) is 5.84. The molecule has 3 aromatic heterocycles. The van der Waals surface area contributed by atoms with Crippen molar-refractivity contribution in [1.82, 2.24) is 9.38 Å². The fourth-order valence-corrected chi connectivity index (χ4v) is 4.34. The number of rotatable bonds is 3. The maximum absolute atomic E-state index is 9.34. The summed E-state index contributed by atoms with van der Waals surface area (Å²) >= 11 is 1.96. The molecule has 0 atom stereocenters. The predicted molar refractivity (Wildman–Crippen MR) is 93.6 cm³/mol. The molecule has 0 saturated heterocycles. The van der Waals surface area contributed by atoms with Gasteiger partial charge in [-0.3, -0.25) is 4.98 Å². The van der Waals surface area contributed by atoms with Crippen molar-refractivity contribution in [3.8, 4) is 17.3 Å². The molecule has 4 rings (SSSR count). The summed E-state index contributed by atoms with van der Waals surface area (Å²) in [6.45, 7) is 2.06. The largest absolute Gasteiger partial charge is 0.315 e. The Morgan fingerprint density at radius 2 is 2.17 bits per heavy atom. The van der Waals surface area contributed by atoms with Crippen LogP contribution in [0.25, 0.3) is 16.8 Å². The lowest BCUT2D eigenvalue weighted by Gasteiger charge is -2.25. The summed E-state index contributed by atoms with van der Waals surface area (Å²) in [6, 6.07) is 10.4. The number of hydrogen-bond donors (Lipinski definition) is 0. The molecule has 114 valence electrons. The monoisotopic (exact) mass is 319 g/mol. The van der Waals surface area contributed by atoms with Gasteiger partial charge in [0.05, 0.1) is 16.8 Å². The van der Waals surface area contributed by atoms with E-state index in [4.69, 9.17) is 0 Å². The van der Waals surface area contributed by atoms with Crippen LogP contribution in [-0.4, -0.2) is 14.6 Å². The van der Waals surface area contributed by atoms with Gasteiger partial charge in [0.25, 0.3) is 0 Å². The van der Waals surface area contributed by atoms with Crippen molar-refractivity contribution < 1.29 is 0 Å². The standard InChI is InChI=1S/C19H17N3S/c1-13-9-18-14(10-20)5-6-17(22(18)12-13)16-11-21-8-7-19(16)23-15-3-2-4-15/h5-9,11-12,15H,2-4H2,1H3. The molecular weight excluding hydrogens is 302 g/mol.